The fourth-order valence-electron chi connectivity index (χ4n) is 4.99. The van der Waals surface area contributed by atoms with Crippen LogP contribution in [0.25, 0.3) is 0 Å². The highest BCUT2D eigenvalue weighted by atomic mass is 16.5. The number of nitrogens with zero attached hydrogens (tertiary/aromatic N) is 4. The first-order chi connectivity index (χ1) is 15.6. The number of hydrogen-bond donors (Lipinski definition) is 2. The molecule has 2 N–H and O–H groups in total. The van der Waals surface area contributed by atoms with Crippen molar-refractivity contribution in [2.24, 2.45) is 0 Å². The second-order valence-corrected chi connectivity index (χ2v) is 9.00. The molecule has 4 rings (SSSR count). The lowest BCUT2D eigenvalue weighted by Crippen LogP contribution is -2.52. The van der Waals surface area contributed by atoms with Gasteiger partial charge < -0.3 is 20.1 Å². The number of β-amino-alcohol motifs (C(OH)–C–C–N with tert-alkyl or cyclic N) is 1. The molecule has 1 aromatic heterocycles. The maximum Gasteiger partial charge on any atom is 0.237 e. The van der Waals surface area contributed by atoms with Crippen LogP contribution in [0.2, 0.25) is 0 Å². The van der Waals surface area contributed by atoms with Crippen molar-refractivity contribution >= 4 is 11.8 Å². The molecule has 176 valence electrons. The zero-order valence-corrected chi connectivity index (χ0v) is 18.7. The summed E-state index contributed by atoms with van der Waals surface area (Å²) in [6.45, 7) is 6.46. The van der Waals surface area contributed by atoms with Crippen molar-refractivity contribution in [3.05, 3.63) is 30.1 Å². The van der Waals surface area contributed by atoms with Gasteiger partial charge >= 0.3 is 0 Å². The van der Waals surface area contributed by atoms with Crippen molar-refractivity contribution in [3.8, 4) is 0 Å². The Hall–Kier alpha value is -2.07. The first-order valence-electron chi connectivity index (χ1n) is 11.8. The van der Waals surface area contributed by atoms with Gasteiger partial charge in [-0.3, -0.25) is 24.4 Å². The Morgan fingerprint density at radius 2 is 1.97 bits per heavy atom. The van der Waals surface area contributed by atoms with Crippen molar-refractivity contribution < 1.29 is 19.4 Å². The number of likely N-dealkylation sites (tertiary alicyclic amines) is 2. The molecule has 0 aliphatic carbocycles. The van der Waals surface area contributed by atoms with E-state index in [9.17, 15) is 14.7 Å². The Labute approximate surface area is 189 Å². The number of aliphatic hydroxyl groups excluding tert-OH is 1. The summed E-state index contributed by atoms with van der Waals surface area (Å²) in [7, 11) is 0. The van der Waals surface area contributed by atoms with Gasteiger partial charge in [-0.05, 0) is 30.9 Å². The number of hydrogen-bond acceptors (Lipinski definition) is 7. The molecule has 3 aliphatic heterocycles. The Bertz CT molecular complexity index is 750. The fraction of sp³-hybridized carbons (Fsp3) is 0.696. The van der Waals surface area contributed by atoms with E-state index in [1.54, 1.807) is 12.4 Å². The van der Waals surface area contributed by atoms with Crippen LogP contribution < -0.4 is 5.32 Å². The first-order valence-corrected chi connectivity index (χ1v) is 11.8. The van der Waals surface area contributed by atoms with Crippen LogP contribution in [-0.4, -0.2) is 107 Å². The van der Waals surface area contributed by atoms with Gasteiger partial charge in [-0.1, -0.05) is 6.07 Å². The van der Waals surface area contributed by atoms with E-state index < -0.39 is 6.10 Å². The molecule has 3 aliphatic rings. The number of carbonyl (C=O) groups is 2. The lowest BCUT2D eigenvalue weighted by atomic mass is 10.0. The van der Waals surface area contributed by atoms with Gasteiger partial charge in [-0.25, -0.2) is 0 Å². The minimum Gasteiger partial charge on any atom is -0.392 e. The van der Waals surface area contributed by atoms with Gasteiger partial charge in [0.25, 0.3) is 0 Å². The van der Waals surface area contributed by atoms with E-state index in [-0.39, 0.29) is 23.9 Å². The molecule has 9 heteroatoms. The summed E-state index contributed by atoms with van der Waals surface area (Å²) in [5, 5.41) is 13.3. The average Bonchev–Trinajstić information content (AvgIpc) is 3.24. The number of aromatic nitrogens is 1. The maximum atomic E-state index is 12.9. The summed E-state index contributed by atoms with van der Waals surface area (Å²) in [5.74, 6) is 0.164. The molecular weight excluding hydrogens is 410 g/mol. The standard InChI is InChI=1S/C23H35N5O4/c29-20-14-21(23(31)25-16-18-2-1-6-24-15-18)28(17-20)19-3-8-27(9-4-19)22(30)5-7-26-10-12-32-13-11-26/h1-2,6,15,19-21,29H,3-5,7-14,16-17H2,(H,25,31)/t20-,21+/m1/s1. The highest BCUT2D eigenvalue weighted by Gasteiger charge is 2.40. The third-order valence-electron chi connectivity index (χ3n) is 6.84. The monoisotopic (exact) mass is 445 g/mol. The van der Waals surface area contributed by atoms with Crippen LogP contribution in [0, 0.1) is 0 Å². The number of morpholine rings is 1. The number of amides is 2. The van der Waals surface area contributed by atoms with Gasteiger partial charge in [-0.2, -0.15) is 0 Å². The van der Waals surface area contributed by atoms with E-state index in [4.69, 9.17) is 4.74 Å². The molecule has 9 nitrogen and oxygen atoms in total. The summed E-state index contributed by atoms with van der Waals surface area (Å²) in [5.41, 5.74) is 0.954. The van der Waals surface area contributed by atoms with E-state index in [1.807, 2.05) is 17.0 Å². The van der Waals surface area contributed by atoms with Crippen LogP contribution in [-0.2, 0) is 20.9 Å². The molecular formula is C23H35N5O4. The normalized spacial score (nSPS) is 25.7. The van der Waals surface area contributed by atoms with Crippen LogP contribution in [0.4, 0.5) is 0 Å². The molecule has 3 fully saturated rings. The Morgan fingerprint density at radius 1 is 1.19 bits per heavy atom. The predicted octanol–water partition coefficient (Wildman–Crippen LogP) is -0.154. The maximum absolute atomic E-state index is 12.9. The fourth-order valence-corrected chi connectivity index (χ4v) is 4.99. The second kappa shape index (κ2) is 11.2. The molecule has 32 heavy (non-hydrogen) atoms. The summed E-state index contributed by atoms with van der Waals surface area (Å²) in [6, 6.07) is 3.67. The van der Waals surface area contributed by atoms with Crippen LogP contribution in [0.1, 0.15) is 31.2 Å². The third kappa shape index (κ3) is 6.04. The summed E-state index contributed by atoms with van der Waals surface area (Å²) >= 11 is 0. The Kier molecular flexibility index (Phi) is 8.07. The number of pyridine rings is 1. The van der Waals surface area contributed by atoms with E-state index in [0.29, 0.717) is 39.0 Å². The van der Waals surface area contributed by atoms with E-state index in [1.165, 1.54) is 0 Å². The third-order valence-corrected chi connectivity index (χ3v) is 6.84. The molecule has 0 bridgehead atoms. The number of rotatable bonds is 7. The Morgan fingerprint density at radius 3 is 2.69 bits per heavy atom. The van der Waals surface area contributed by atoms with Gasteiger partial charge in [0.1, 0.15) is 0 Å². The lowest BCUT2D eigenvalue weighted by molar-refractivity contribution is -0.134. The van der Waals surface area contributed by atoms with E-state index in [2.05, 4.69) is 20.1 Å². The van der Waals surface area contributed by atoms with Crippen molar-refractivity contribution in [1.29, 1.82) is 0 Å². The molecule has 0 saturated carbocycles. The first kappa shape index (κ1) is 23.1. The summed E-state index contributed by atoms with van der Waals surface area (Å²) < 4.78 is 5.36. The largest absolute Gasteiger partial charge is 0.392 e. The van der Waals surface area contributed by atoms with Crippen molar-refractivity contribution in [3.63, 3.8) is 0 Å². The molecule has 0 radical (unpaired) electrons. The molecule has 0 spiro atoms. The van der Waals surface area contributed by atoms with Crippen molar-refractivity contribution in [1.82, 2.24) is 25.0 Å². The summed E-state index contributed by atoms with van der Waals surface area (Å²) in [6.07, 6.45) is 5.64. The topological polar surface area (TPSA) is 98.2 Å². The van der Waals surface area contributed by atoms with Gasteiger partial charge in [-0.15, -0.1) is 0 Å². The zero-order chi connectivity index (χ0) is 22.3. The molecule has 2 atom stereocenters. The quantitative estimate of drug-likeness (QED) is 0.602. The highest BCUT2D eigenvalue weighted by Crippen LogP contribution is 2.27. The van der Waals surface area contributed by atoms with E-state index >= 15 is 0 Å². The van der Waals surface area contributed by atoms with Crippen LogP contribution in [0.5, 0.6) is 0 Å². The smallest absolute Gasteiger partial charge is 0.237 e. The molecule has 4 heterocycles. The number of carbonyl (C=O) groups excluding carboxylic acids is 2. The number of piperidine rings is 1. The zero-order valence-electron chi connectivity index (χ0n) is 18.7. The number of ether oxygens (including phenoxy) is 1. The molecule has 3 saturated heterocycles. The minimum absolute atomic E-state index is 0.0468. The molecule has 1 aromatic rings. The van der Waals surface area contributed by atoms with Crippen LogP contribution in [0.3, 0.4) is 0 Å². The van der Waals surface area contributed by atoms with Gasteiger partial charge in [0.15, 0.2) is 0 Å². The number of aliphatic hydroxyl groups is 1. The van der Waals surface area contributed by atoms with Crippen molar-refractivity contribution in [2.45, 2.75) is 50.4 Å². The van der Waals surface area contributed by atoms with Crippen molar-refractivity contribution in [2.75, 3.05) is 52.5 Å². The molecule has 0 unspecified atom stereocenters. The van der Waals surface area contributed by atoms with Gasteiger partial charge in [0.2, 0.25) is 11.8 Å². The van der Waals surface area contributed by atoms with Gasteiger partial charge in [0.05, 0.1) is 25.4 Å². The Balaban J connectivity index is 1.24. The van der Waals surface area contributed by atoms with Gasteiger partial charge in [0, 0.05) is 70.7 Å². The minimum atomic E-state index is -0.489. The highest BCUT2D eigenvalue weighted by molar-refractivity contribution is 5.82. The second-order valence-electron chi connectivity index (χ2n) is 9.00. The SMILES string of the molecule is O=C(NCc1cccnc1)[C@@H]1C[C@@H](O)CN1C1CCN(C(=O)CCN2CCOCC2)CC1. The van der Waals surface area contributed by atoms with E-state index in [0.717, 1.165) is 51.3 Å². The molecule has 0 aromatic carbocycles. The number of nitrogens with one attached hydrogen (secondary N) is 1. The molecule has 2 amide bonds. The summed E-state index contributed by atoms with van der Waals surface area (Å²) in [4.78, 5) is 36.0. The predicted molar refractivity (Wildman–Crippen MR) is 119 cm³/mol. The lowest BCUT2D eigenvalue weighted by Gasteiger charge is -2.39. The average molecular weight is 446 g/mol. The van der Waals surface area contributed by atoms with Crippen LogP contribution >= 0.6 is 0 Å². The van der Waals surface area contributed by atoms with Crippen LogP contribution in [0.15, 0.2) is 24.5 Å².